The first-order valence-electron chi connectivity index (χ1n) is 4.63. The molecule has 2 N–H and O–H groups in total. The number of nitrogens with one attached hydrogen (secondary N) is 2. The van der Waals surface area contributed by atoms with Crippen molar-refractivity contribution in [3.05, 3.63) is 0 Å². The predicted molar refractivity (Wildman–Crippen MR) is 54.5 cm³/mol. The van der Waals surface area contributed by atoms with E-state index in [-0.39, 0.29) is 0 Å². The summed E-state index contributed by atoms with van der Waals surface area (Å²) in [6, 6.07) is 0.864. The summed E-state index contributed by atoms with van der Waals surface area (Å²) in [6.07, 6.45) is 0. The Bertz CT molecular complexity index is 127. The van der Waals surface area contributed by atoms with Crippen molar-refractivity contribution in [1.29, 1.82) is 0 Å². The number of rotatable bonds is 3. The molecule has 0 aromatic heterocycles. The first-order valence-corrected chi connectivity index (χ1v) is 4.63. The third-order valence-electron chi connectivity index (χ3n) is 1.17. The molecule has 0 aliphatic rings. The van der Waals surface area contributed by atoms with Crippen LogP contribution in [0.3, 0.4) is 0 Å². The Hall–Kier alpha value is -0.730. The molecule has 72 valence electrons. The smallest absolute Gasteiger partial charge is 0.191 e. The van der Waals surface area contributed by atoms with Crippen molar-refractivity contribution in [1.82, 2.24) is 10.6 Å². The van der Waals surface area contributed by atoms with Crippen molar-refractivity contribution in [2.45, 2.75) is 46.7 Å². The van der Waals surface area contributed by atoms with Crippen LogP contribution in [0.2, 0.25) is 0 Å². The molecule has 0 radical (unpaired) electrons. The molecule has 0 aromatic rings. The third kappa shape index (κ3) is 6.01. The molecule has 0 atom stereocenters. The Balaban J connectivity index is 3.96. The molecule has 0 unspecified atom stereocenters. The van der Waals surface area contributed by atoms with Crippen molar-refractivity contribution in [3.63, 3.8) is 0 Å². The van der Waals surface area contributed by atoms with Crippen LogP contribution in [0.5, 0.6) is 0 Å². The molecule has 0 fully saturated rings. The van der Waals surface area contributed by atoms with Gasteiger partial charge < -0.3 is 10.6 Å². The molecule has 0 bridgehead atoms. The highest BCUT2D eigenvalue weighted by molar-refractivity contribution is 5.80. The van der Waals surface area contributed by atoms with E-state index in [9.17, 15) is 0 Å². The summed E-state index contributed by atoms with van der Waals surface area (Å²) in [7, 11) is 0. The zero-order chi connectivity index (χ0) is 9.56. The largest absolute Gasteiger partial charge is 0.354 e. The second-order valence-corrected chi connectivity index (χ2v) is 3.42. The zero-order valence-electron chi connectivity index (χ0n) is 8.81. The Morgan fingerprint density at radius 1 is 1.08 bits per heavy atom. The van der Waals surface area contributed by atoms with Gasteiger partial charge in [0, 0.05) is 18.6 Å². The van der Waals surface area contributed by atoms with Gasteiger partial charge in [0.15, 0.2) is 5.96 Å². The van der Waals surface area contributed by atoms with Gasteiger partial charge in [0.1, 0.15) is 0 Å². The van der Waals surface area contributed by atoms with E-state index in [2.05, 4.69) is 43.3 Å². The van der Waals surface area contributed by atoms with Gasteiger partial charge in [-0.05, 0) is 34.6 Å². The summed E-state index contributed by atoms with van der Waals surface area (Å²) in [6.45, 7) is 11.3. The predicted octanol–water partition coefficient (Wildman–Crippen LogP) is 1.36. The monoisotopic (exact) mass is 171 g/mol. The lowest BCUT2D eigenvalue weighted by atomic mass is 10.4. The summed E-state index contributed by atoms with van der Waals surface area (Å²) < 4.78 is 0. The van der Waals surface area contributed by atoms with Crippen LogP contribution < -0.4 is 10.6 Å². The number of hydrogen-bond donors (Lipinski definition) is 2. The van der Waals surface area contributed by atoms with Crippen LogP contribution in [0.25, 0.3) is 0 Å². The lowest BCUT2D eigenvalue weighted by Gasteiger charge is -2.16. The molecule has 0 rings (SSSR count). The summed E-state index contributed by atoms with van der Waals surface area (Å²) in [5, 5.41) is 6.50. The van der Waals surface area contributed by atoms with Crippen LogP contribution in [-0.2, 0) is 0 Å². The van der Waals surface area contributed by atoms with E-state index in [1.54, 1.807) is 0 Å². The fraction of sp³-hybridized carbons (Fsp3) is 0.889. The lowest BCUT2D eigenvalue weighted by Crippen LogP contribution is -2.44. The second kappa shape index (κ2) is 5.86. The van der Waals surface area contributed by atoms with Crippen molar-refractivity contribution in [2.24, 2.45) is 4.99 Å². The van der Waals surface area contributed by atoms with E-state index >= 15 is 0 Å². The van der Waals surface area contributed by atoms with E-state index in [0.717, 1.165) is 12.5 Å². The number of aliphatic imine (C=N–C) groups is 1. The van der Waals surface area contributed by atoms with Crippen LogP contribution in [0.15, 0.2) is 4.99 Å². The van der Waals surface area contributed by atoms with Gasteiger partial charge in [-0.1, -0.05) is 0 Å². The number of guanidine groups is 1. The average Bonchev–Trinajstić information content (AvgIpc) is 1.84. The van der Waals surface area contributed by atoms with Crippen molar-refractivity contribution in [2.75, 3.05) is 6.54 Å². The lowest BCUT2D eigenvalue weighted by molar-refractivity contribution is 0.657. The van der Waals surface area contributed by atoms with E-state index in [0.29, 0.717) is 12.1 Å². The SMILES string of the molecule is CCN=C(NC(C)C)NC(C)C. The molecule has 3 nitrogen and oxygen atoms in total. The van der Waals surface area contributed by atoms with Gasteiger partial charge >= 0.3 is 0 Å². The van der Waals surface area contributed by atoms with Gasteiger partial charge in [0.2, 0.25) is 0 Å². The summed E-state index contributed by atoms with van der Waals surface area (Å²) >= 11 is 0. The topological polar surface area (TPSA) is 36.4 Å². The maximum Gasteiger partial charge on any atom is 0.191 e. The number of hydrogen-bond acceptors (Lipinski definition) is 1. The molecule has 0 aliphatic heterocycles. The molecule has 0 saturated carbocycles. The fourth-order valence-corrected chi connectivity index (χ4v) is 0.838. The maximum absolute atomic E-state index is 4.30. The second-order valence-electron chi connectivity index (χ2n) is 3.42. The highest BCUT2D eigenvalue weighted by atomic mass is 15.2. The highest BCUT2D eigenvalue weighted by Crippen LogP contribution is 1.82. The van der Waals surface area contributed by atoms with Crippen molar-refractivity contribution < 1.29 is 0 Å². The van der Waals surface area contributed by atoms with Gasteiger partial charge in [0.05, 0.1) is 0 Å². The van der Waals surface area contributed by atoms with Crippen molar-refractivity contribution in [3.8, 4) is 0 Å². The first kappa shape index (κ1) is 11.3. The summed E-state index contributed by atoms with van der Waals surface area (Å²) in [5.41, 5.74) is 0. The van der Waals surface area contributed by atoms with Gasteiger partial charge in [-0.2, -0.15) is 0 Å². The van der Waals surface area contributed by atoms with Crippen LogP contribution in [0.1, 0.15) is 34.6 Å². The van der Waals surface area contributed by atoms with Gasteiger partial charge in [-0.15, -0.1) is 0 Å². The van der Waals surface area contributed by atoms with E-state index in [1.165, 1.54) is 0 Å². The minimum atomic E-state index is 0.432. The molecule has 0 heterocycles. The Labute approximate surface area is 75.7 Å². The minimum Gasteiger partial charge on any atom is -0.354 e. The fourth-order valence-electron chi connectivity index (χ4n) is 0.838. The van der Waals surface area contributed by atoms with Crippen molar-refractivity contribution >= 4 is 5.96 Å². The molecule has 0 aliphatic carbocycles. The summed E-state index contributed by atoms with van der Waals surface area (Å²) in [5.74, 6) is 0.905. The molecule has 0 saturated heterocycles. The Morgan fingerprint density at radius 2 is 1.50 bits per heavy atom. The number of nitrogens with zero attached hydrogens (tertiary/aromatic N) is 1. The van der Waals surface area contributed by atoms with Crippen LogP contribution in [0.4, 0.5) is 0 Å². The Morgan fingerprint density at radius 3 is 1.75 bits per heavy atom. The summed E-state index contributed by atoms with van der Waals surface area (Å²) in [4.78, 5) is 4.30. The van der Waals surface area contributed by atoms with Crippen LogP contribution in [0, 0.1) is 0 Å². The molecular weight excluding hydrogens is 150 g/mol. The van der Waals surface area contributed by atoms with Crippen LogP contribution in [-0.4, -0.2) is 24.6 Å². The van der Waals surface area contributed by atoms with Gasteiger partial charge in [0.25, 0.3) is 0 Å². The molecule has 12 heavy (non-hydrogen) atoms. The quantitative estimate of drug-likeness (QED) is 0.497. The highest BCUT2D eigenvalue weighted by Gasteiger charge is 2.00. The third-order valence-corrected chi connectivity index (χ3v) is 1.17. The van der Waals surface area contributed by atoms with Crippen LogP contribution >= 0.6 is 0 Å². The first-order chi connectivity index (χ1) is 5.56. The molecule has 0 aromatic carbocycles. The molecular formula is C9H21N3. The van der Waals surface area contributed by atoms with Gasteiger partial charge in [-0.3, -0.25) is 4.99 Å². The standard InChI is InChI=1S/C9H21N3/c1-6-10-9(11-7(2)3)12-8(4)5/h7-8H,6H2,1-5H3,(H2,10,11,12). The maximum atomic E-state index is 4.30. The normalized spacial score (nSPS) is 10.2. The van der Waals surface area contributed by atoms with E-state index in [1.807, 2.05) is 6.92 Å². The molecule has 0 amide bonds. The van der Waals surface area contributed by atoms with E-state index in [4.69, 9.17) is 0 Å². The van der Waals surface area contributed by atoms with Gasteiger partial charge in [-0.25, -0.2) is 0 Å². The Kier molecular flexibility index (Phi) is 5.51. The average molecular weight is 171 g/mol. The van der Waals surface area contributed by atoms with E-state index < -0.39 is 0 Å². The minimum absolute atomic E-state index is 0.432. The molecule has 3 heteroatoms. The molecule has 0 spiro atoms. The zero-order valence-corrected chi connectivity index (χ0v) is 8.81.